The number of nitriles is 1. The zero-order valence-corrected chi connectivity index (χ0v) is 13.6. The van der Waals surface area contributed by atoms with Crippen molar-refractivity contribution in [2.45, 2.75) is 40.0 Å². The minimum Gasteiger partial charge on any atom is -0.493 e. The molecule has 0 unspecified atom stereocenters. The van der Waals surface area contributed by atoms with E-state index in [1.807, 2.05) is 6.07 Å². The van der Waals surface area contributed by atoms with E-state index in [9.17, 15) is 0 Å². The average molecular weight is 300 g/mol. The summed E-state index contributed by atoms with van der Waals surface area (Å²) in [5.74, 6) is 0.923. The van der Waals surface area contributed by atoms with Gasteiger partial charge < -0.3 is 4.74 Å². The molecule has 0 saturated carbocycles. The maximum Gasteiger partial charge on any atom is 0.128 e. The van der Waals surface area contributed by atoms with Crippen molar-refractivity contribution in [1.29, 1.82) is 5.26 Å². The molecule has 21 heavy (non-hydrogen) atoms. The minimum absolute atomic E-state index is 0.591. The maximum atomic E-state index is 9.11. The van der Waals surface area contributed by atoms with Crippen molar-refractivity contribution in [3.63, 3.8) is 0 Å². The van der Waals surface area contributed by atoms with E-state index in [1.165, 1.54) is 16.9 Å². The lowest BCUT2D eigenvalue weighted by atomic mass is 10.1. The number of benzene rings is 1. The second-order valence-corrected chi connectivity index (χ2v) is 6.20. The molecule has 3 nitrogen and oxygen atoms in total. The zero-order chi connectivity index (χ0) is 15.2. The quantitative estimate of drug-likeness (QED) is 0.803. The van der Waals surface area contributed by atoms with Crippen LogP contribution in [-0.4, -0.2) is 11.6 Å². The van der Waals surface area contributed by atoms with Gasteiger partial charge in [0.25, 0.3) is 0 Å². The highest BCUT2D eigenvalue weighted by Crippen LogP contribution is 2.21. The molecule has 0 bridgehead atoms. The molecule has 1 aromatic heterocycles. The van der Waals surface area contributed by atoms with Crippen LogP contribution in [0.1, 0.15) is 40.1 Å². The number of ether oxygens (including phenoxy) is 1. The van der Waals surface area contributed by atoms with Crippen molar-refractivity contribution >= 4 is 11.3 Å². The molecule has 2 rings (SSSR count). The fraction of sp³-hybridized carbons (Fsp3) is 0.412. The molecule has 4 heteroatoms. The molecular weight excluding hydrogens is 280 g/mol. The molecule has 0 amide bonds. The van der Waals surface area contributed by atoms with Crippen molar-refractivity contribution in [3.05, 3.63) is 44.9 Å². The molecule has 2 aromatic rings. The van der Waals surface area contributed by atoms with Gasteiger partial charge in [-0.2, -0.15) is 5.26 Å². The van der Waals surface area contributed by atoms with Crippen LogP contribution >= 0.6 is 11.3 Å². The van der Waals surface area contributed by atoms with Gasteiger partial charge in [-0.15, -0.1) is 11.3 Å². The van der Waals surface area contributed by atoms with Gasteiger partial charge in [-0.25, -0.2) is 4.98 Å². The van der Waals surface area contributed by atoms with Crippen molar-refractivity contribution < 1.29 is 4.74 Å². The number of thiazole rings is 1. The van der Waals surface area contributed by atoms with Gasteiger partial charge in [-0.3, -0.25) is 0 Å². The Morgan fingerprint density at radius 1 is 1.29 bits per heavy atom. The number of hydrogen-bond donors (Lipinski definition) is 0. The topological polar surface area (TPSA) is 45.9 Å². The SMILES string of the molecule is CCCc1nc(CCOc2ccc(C)cc2C)sc1C#N. The van der Waals surface area contributed by atoms with Crippen LogP contribution in [0.15, 0.2) is 18.2 Å². The van der Waals surface area contributed by atoms with Crippen LogP contribution in [0.5, 0.6) is 5.75 Å². The first-order chi connectivity index (χ1) is 10.1. The normalized spacial score (nSPS) is 10.4. The predicted molar refractivity (Wildman–Crippen MR) is 85.9 cm³/mol. The molecule has 0 atom stereocenters. The van der Waals surface area contributed by atoms with E-state index in [-0.39, 0.29) is 0 Å². The van der Waals surface area contributed by atoms with E-state index < -0.39 is 0 Å². The van der Waals surface area contributed by atoms with Gasteiger partial charge in [-0.05, 0) is 31.9 Å². The molecule has 0 aliphatic carbocycles. The van der Waals surface area contributed by atoms with Gasteiger partial charge >= 0.3 is 0 Å². The molecular formula is C17H20N2OS. The van der Waals surface area contributed by atoms with Gasteiger partial charge in [0.2, 0.25) is 0 Å². The number of hydrogen-bond acceptors (Lipinski definition) is 4. The monoisotopic (exact) mass is 300 g/mol. The van der Waals surface area contributed by atoms with E-state index in [1.54, 1.807) is 0 Å². The van der Waals surface area contributed by atoms with E-state index in [4.69, 9.17) is 10.00 Å². The van der Waals surface area contributed by atoms with Crippen molar-refractivity contribution in [2.75, 3.05) is 6.61 Å². The molecule has 0 radical (unpaired) electrons. The van der Waals surface area contributed by atoms with Crippen molar-refractivity contribution in [1.82, 2.24) is 4.98 Å². The summed E-state index contributed by atoms with van der Waals surface area (Å²) in [6, 6.07) is 8.42. The molecule has 0 fully saturated rings. The Balaban J connectivity index is 1.96. The Labute approximate surface area is 130 Å². The Morgan fingerprint density at radius 3 is 2.76 bits per heavy atom. The lowest BCUT2D eigenvalue weighted by molar-refractivity contribution is 0.319. The molecule has 0 N–H and O–H groups in total. The molecule has 0 spiro atoms. The summed E-state index contributed by atoms with van der Waals surface area (Å²) < 4.78 is 5.82. The third-order valence-electron chi connectivity index (χ3n) is 3.23. The smallest absolute Gasteiger partial charge is 0.128 e. The van der Waals surface area contributed by atoms with Gasteiger partial charge in [0.1, 0.15) is 16.7 Å². The Bertz CT molecular complexity index is 655. The number of aromatic nitrogens is 1. The first-order valence-electron chi connectivity index (χ1n) is 7.22. The standard InChI is InChI=1S/C17H20N2OS/c1-4-5-14-16(11-18)21-17(19-14)8-9-20-15-7-6-12(2)10-13(15)3/h6-7,10H,4-5,8-9H2,1-3H3. The number of nitrogens with zero attached hydrogens (tertiary/aromatic N) is 2. The van der Waals surface area contributed by atoms with E-state index >= 15 is 0 Å². The average Bonchev–Trinajstić information content (AvgIpc) is 2.84. The van der Waals surface area contributed by atoms with Crippen LogP contribution in [-0.2, 0) is 12.8 Å². The maximum absolute atomic E-state index is 9.11. The second kappa shape index (κ2) is 7.24. The third kappa shape index (κ3) is 4.05. The fourth-order valence-electron chi connectivity index (χ4n) is 2.21. The van der Waals surface area contributed by atoms with Crippen LogP contribution in [0.2, 0.25) is 0 Å². The molecule has 1 aromatic carbocycles. The van der Waals surface area contributed by atoms with Crippen LogP contribution in [0, 0.1) is 25.2 Å². The number of aryl methyl sites for hydroxylation is 3. The van der Waals surface area contributed by atoms with Gasteiger partial charge in [0.15, 0.2) is 0 Å². The molecule has 0 aliphatic heterocycles. The summed E-state index contributed by atoms with van der Waals surface area (Å²) >= 11 is 1.49. The lowest BCUT2D eigenvalue weighted by Gasteiger charge is -2.08. The van der Waals surface area contributed by atoms with Gasteiger partial charge in [0, 0.05) is 6.42 Å². The number of rotatable bonds is 6. The van der Waals surface area contributed by atoms with Crippen LogP contribution in [0.25, 0.3) is 0 Å². The van der Waals surface area contributed by atoms with E-state index in [0.29, 0.717) is 6.61 Å². The van der Waals surface area contributed by atoms with Crippen LogP contribution in [0.3, 0.4) is 0 Å². The molecule has 0 saturated heterocycles. The Hall–Kier alpha value is -1.86. The fourth-order valence-corrected chi connectivity index (χ4v) is 3.10. The first-order valence-corrected chi connectivity index (χ1v) is 8.04. The predicted octanol–water partition coefficient (Wildman–Crippen LogP) is 4.21. The van der Waals surface area contributed by atoms with Crippen LogP contribution < -0.4 is 4.74 Å². The third-order valence-corrected chi connectivity index (χ3v) is 4.30. The summed E-state index contributed by atoms with van der Waals surface area (Å²) in [6.07, 6.45) is 2.63. The Kier molecular flexibility index (Phi) is 5.35. The van der Waals surface area contributed by atoms with E-state index in [2.05, 4.69) is 44.0 Å². The first kappa shape index (κ1) is 15.5. The highest BCUT2D eigenvalue weighted by Gasteiger charge is 2.10. The van der Waals surface area contributed by atoms with E-state index in [0.717, 1.165) is 46.2 Å². The summed E-state index contributed by atoms with van der Waals surface area (Å²) in [5.41, 5.74) is 3.33. The van der Waals surface area contributed by atoms with Crippen molar-refractivity contribution in [2.24, 2.45) is 0 Å². The largest absolute Gasteiger partial charge is 0.493 e. The summed E-state index contributed by atoms with van der Waals surface area (Å²) in [5, 5.41) is 10.1. The van der Waals surface area contributed by atoms with Crippen LogP contribution in [0.4, 0.5) is 0 Å². The second-order valence-electron chi connectivity index (χ2n) is 5.11. The van der Waals surface area contributed by atoms with Crippen molar-refractivity contribution in [3.8, 4) is 11.8 Å². The summed E-state index contributed by atoms with van der Waals surface area (Å²) in [7, 11) is 0. The zero-order valence-electron chi connectivity index (χ0n) is 12.8. The highest BCUT2D eigenvalue weighted by molar-refractivity contribution is 7.12. The lowest BCUT2D eigenvalue weighted by Crippen LogP contribution is -2.02. The molecule has 0 aliphatic rings. The van der Waals surface area contributed by atoms with Gasteiger partial charge in [-0.1, -0.05) is 31.0 Å². The summed E-state index contributed by atoms with van der Waals surface area (Å²) in [6.45, 7) is 6.82. The minimum atomic E-state index is 0.591. The summed E-state index contributed by atoms with van der Waals surface area (Å²) in [4.78, 5) is 5.30. The highest BCUT2D eigenvalue weighted by atomic mass is 32.1. The molecule has 110 valence electrons. The Morgan fingerprint density at radius 2 is 2.10 bits per heavy atom. The molecule has 1 heterocycles. The van der Waals surface area contributed by atoms with Gasteiger partial charge in [0.05, 0.1) is 17.3 Å².